The molecule has 0 saturated carbocycles. The van der Waals surface area contributed by atoms with Gasteiger partial charge in [0.15, 0.2) is 0 Å². The number of rotatable bonds is 4. The number of ether oxygens (including phenoxy) is 2. The zero-order chi connectivity index (χ0) is 14.7. The van der Waals surface area contributed by atoms with Crippen LogP contribution in [-0.2, 0) is 6.54 Å². The summed E-state index contributed by atoms with van der Waals surface area (Å²) in [5.74, 6) is 1.79. The van der Waals surface area contributed by atoms with E-state index in [0.29, 0.717) is 0 Å². The lowest BCUT2D eigenvalue weighted by Crippen LogP contribution is -2.36. The molecular weight excluding hydrogens is 264 g/mol. The average molecular weight is 290 g/mol. The third-order valence-corrected chi connectivity index (χ3v) is 4.78. The smallest absolute Gasteiger partial charge is 0.127 e. The first-order chi connectivity index (χ1) is 10.3. The Morgan fingerprint density at radius 2 is 1.95 bits per heavy atom. The predicted molar refractivity (Wildman–Crippen MR) is 84.0 cm³/mol. The molecule has 1 atom stereocenters. The molecule has 2 fully saturated rings. The lowest BCUT2D eigenvalue weighted by Gasteiger charge is -2.26. The van der Waals surface area contributed by atoms with Gasteiger partial charge in [0, 0.05) is 30.8 Å². The largest absolute Gasteiger partial charge is 0.497 e. The van der Waals surface area contributed by atoms with Crippen molar-refractivity contribution in [2.75, 3.05) is 40.4 Å². The van der Waals surface area contributed by atoms with Crippen molar-refractivity contribution in [2.45, 2.75) is 31.8 Å². The highest BCUT2D eigenvalue weighted by atomic mass is 16.5. The van der Waals surface area contributed by atoms with Gasteiger partial charge < -0.3 is 9.47 Å². The summed E-state index contributed by atoms with van der Waals surface area (Å²) in [6.07, 6.45) is 4.00. The van der Waals surface area contributed by atoms with Crippen LogP contribution in [0.25, 0.3) is 0 Å². The Kier molecular flexibility index (Phi) is 4.66. The highest BCUT2D eigenvalue weighted by Crippen LogP contribution is 2.27. The summed E-state index contributed by atoms with van der Waals surface area (Å²) in [5.41, 5.74) is 1.25. The molecule has 1 unspecified atom stereocenters. The van der Waals surface area contributed by atoms with E-state index in [4.69, 9.17) is 9.47 Å². The molecule has 21 heavy (non-hydrogen) atoms. The molecule has 1 aromatic carbocycles. The van der Waals surface area contributed by atoms with Crippen LogP contribution in [0.3, 0.4) is 0 Å². The van der Waals surface area contributed by atoms with E-state index < -0.39 is 0 Å². The minimum Gasteiger partial charge on any atom is -0.497 e. The van der Waals surface area contributed by atoms with E-state index in [2.05, 4.69) is 15.9 Å². The van der Waals surface area contributed by atoms with Gasteiger partial charge >= 0.3 is 0 Å². The van der Waals surface area contributed by atoms with Crippen molar-refractivity contribution in [3.63, 3.8) is 0 Å². The van der Waals surface area contributed by atoms with E-state index in [0.717, 1.165) is 24.1 Å². The number of hydrogen-bond acceptors (Lipinski definition) is 4. The maximum absolute atomic E-state index is 5.53. The lowest BCUT2D eigenvalue weighted by molar-refractivity contribution is 0.214. The standard InChI is InChI=1S/C17H26N2O2/c1-20-16-7-6-14(17(11-16)21-2)12-18-8-4-10-19-9-3-5-15(19)13-18/h6-7,11,15H,3-5,8-10,12-13H2,1-2H3. The summed E-state index contributed by atoms with van der Waals surface area (Å²) in [7, 11) is 3.43. The van der Waals surface area contributed by atoms with Crippen molar-refractivity contribution in [3.05, 3.63) is 23.8 Å². The normalized spacial score (nSPS) is 23.6. The number of nitrogens with zero attached hydrogens (tertiary/aromatic N) is 2. The van der Waals surface area contributed by atoms with Gasteiger partial charge in [0.2, 0.25) is 0 Å². The molecule has 1 aromatic rings. The van der Waals surface area contributed by atoms with Crippen LogP contribution in [0.5, 0.6) is 11.5 Å². The first-order valence-corrected chi connectivity index (χ1v) is 7.97. The van der Waals surface area contributed by atoms with E-state index in [-0.39, 0.29) is 0 Å². The second kappa shape index (κ2) is 6.67. The zero-order valence-electron chi connectivity index (χ0n) is 13.2. The first kappa shape index (κ1) is 14.7. The molecule has 4 heteroatoms. The molecule has 0 radical (unpaired) electrons. The van der Waals surface area contributed by atoms with Crippen molar-refractivity contribution in [1.29, 1.82) is 0 Å². The monoisotopic (exact) mass is 290 g/mol. The van der Waals surface area contributed by atoms with Crippen molar-refractivity contribution in [3.8, 4) is 11.5 Å². The molecule has 2 heterocycles. The van der Waals surface area contributed by atoms with Crippen LogP contribution in [0.15, 0.2) is 18.2 Å². The minimum atomic E-state index is 0.761. The Bertz CT molecular complexity index is 478. The summed E-state index contributed by atoms with van der Waals surface area (Å²) in [6, 6.07) is 6.90. The quantitative estimate of drug-likeness (QED) is 0.850. The van der Waals surface area contributed by atoms with Crippen LogP contribution >= 0.6 is 0 Å². The molecule has 2 aliphatic heterocycles. The highest BCUT2D eigenvalue weighted by molar-refractivity contribution is 5.40. The molecule has 0 N–H and O–H groups in total. The average Bonchev–Trinajstić information content (AvgIpc) is 2.86. The lowest BCUT2D eigenvalue weighted by atomic mass is 10.1. The Hall–Kier alpha value is -1.26. The Labute approximate surface area is 127 Å². The fourth-order valence-electron chi connectivity index (χ4n) is 3.65. The van der Waals surface area contributed by atoms with Crippen LogP contribution in [0.4, 0.5) is 0 Å². The van der Waals surface area contributed by atoms with Crippen molar-refractivity contribution in [1.82, 2.24) is 9.80 Å². The molecule has 0 aliphatic carbocycles. The summed E-state index contributed by atoms with van der Waals surface area (Å²) >= 11 is 0. The zero-order valence-corrected chi connectivity index (χ0v) is 13.2. The van der Waals surface area contributed by atoms with Crippen LogP contribution in [0.1, 0.15) is 24.8 Å². The maximum atomic E-state index is 5.53. The topological polar surface area (TPSA) is 24.9 Å². The van der Waals surface area contributed by atoms with Gasteiger partial charge in [0.1, 0.15) is 11.5 Å². The summed E-state index contributed by atoms with van der Waals surface area (Å²) in [5, 5.41) is 0. The fourth-order valence-corrected chi connectivity index (χ4v) is 3.65. The van der Waals surface area contributed by atoms with Crippen LogP contribution in [0.2, 0.25) is 0 Å². The van der Waals surface area contributed by atoms with E-state index in [9.17, 15) is 0 Å². The molecule has 0 bridgehead atoms. The van der Waals surface area contributed by atoms with E-state index >= 15 is 0 Å². The molecule has 0 spiro atoms. The Morgan fingerprint density at radius 1 is 1.10 bits per heavy atom. The van der Waals surface area contributed by atoms with Gasteiger partial charge in [0.05, 0.1) is 14.2 Å². The van der Waals surface area contributed by atoms with Crippen molar-refractivity contribution in [2.24, 2.45) is 0 Å². The Morgan fingerprint density at radius 3 is 2.76 bits per heavy atom. The fraction of sp³-hybridized carbons (Fsp3) is 0.647. The molecule has 0 aromatic heterocycles. The van der Waals surface area contributed by atoms with Gasteiger partial charge in [-0.15, -0.1) is 0 Å². The number of methoxy groups -OCH3 is 2. The van der Waals surface area contributed by atoms with Gasteiger partial charge in [0.25, 0.3) is 0 Å². The van der Waals surface area contributed by atoms with Crippen LogP contribution in [0, 0.1) is 0 Å². The van der Waals surface area contributed by atoms with Crippen LogP contribution < -0.4 is 9.47 Å². The minimum absolute atomic E-state index is 0.761. The summed E-state index contributed by atoms with van der Waals surface area (Å²) in [4.78, 5) is 5.26. The number of fused-ring (bicyclic) bond motifs is 1. The van der Waals surface area contributed by atoms with Crippen molar-refractivity contribution < 1.29 is 9.47 Å². The maximum Gasteiger partial charge on any atom is 0.127 e. The molecular formula is C17H26N2O2. The third kappa shape index (κ3) is 3.33. The van der Waals surface area contributed by atoms with Gasteiger partial charge in [-0.05, 0) is 45.0 Å². The third-order valence-electron chi connectivity index (χ3n) is 4.78. The predicted octanol–water partition coefficient (Wildman–Crippen LogP) is 2.37. The van der Waals surface area contributed by atoms with Crippen molar-refractivity contribution >= 4 is 0 Å². The molecule has 2 aliphatic rings. The van der Waals surface area contributed by atoms with Crippen LogP contribution in [-0.4, -0.2) is 56.2 Å². The molecule has 3 rings (SSSR count). The highest BCUT2D eigenvalue weighted by Gasteiger charge is 2.28. The van der Waals surface area contributed by atoms with E-state index in [1.165, 1.54) is 51.0 Å². The molecule has 116 valence electrons. The number of benzene rings is 1. The second-order valence-corrected chi connectivity index (χ2v) is 6.10. The first-order valence-electron chi connectivity index (χ1n) is 7.97. The van der Waals surface area contributed by atoms with E-state index in [1.807, 2.05) is 12.1 Å². The van der Waals surface area contributed by atoms with Gasteiger partial charge in [-0.25, -0.2) is 0 Å². The van der Waals surface area contributed by atoms with Gasteiger partial charge in [-0.1, -0.05) is 6.07 Å². The molecule has 2 saturated heterocycles. The number of hydrogen-bond donors (Lipinski definition) is 0. The second-order valence-electron chi connectivity index (χ2n) is 6.10. The molecule has 0 amide bonds. The van der Waals surface area contributed by atoms with Gasteiger partial charge in [-0.3, -0.25) is 9.80 Å². The van der Waals surface area contributed by atoms with E-state index in [1.54, 1.807) is 14.2 Å². The summed E-state index contributed by atoms with van der Waals surface area (Å²) < 4.78 is 10.8. The SMILES string of the molecule is COc1ccc(CN2CCCN3CCCC3C2)c(OC)c1. The molecule has 4 nitrogen and oxygen atoms in total. The Balaban J connectivity index is 1.70. The summed E-state index contributed by atoms with van der Waals surface area (Å²) in [6.45, 7) is 5.90. The van der Waals surface area contributed by atoms with Gasteiger partial charge in [-0.2, -0.15) is 0 Å².